The molecular weight excluding hydrogens is 433 g/mol. The van der Waals surface area contributed by atoms with E-state index in [0.29, 0.717) is 11.4 Å². The highest BCUT2D eigenvalue weighted by Crippen LogP contribution is 2.19. The molecule has 0 aliphatic carbocycles. The highest BCUT2D eigenvalue weighted by atomic mass is 32.2. The van der Waals surface area contributed by atoms with Gasteiger partial charge in [0.25, 0.3) is 0 Å². The highest BCUT2D eigenvalue weighted by molar-refractivity contribution is 7.89. The standard InChI is InChI=1S/C23H24FN3O4S/c1-27(2)32(29,30)22-12-8-17(9-13-22)15-25-23(28)26-20-4-3-5-21(14-20)31-16-18-6-10-19(24)11-7-18/h3-14H,15-16H2,1-2H3,(H2,25,26,28). The van der Waals surface area contributed by atoms with Crippen LogP contribution >= 0.6 is 0 Å². The molecule has 7 nitrogen and oxygen atoms in total. The van der Waals surface area contributed by atoms with Crippen LogP contribution in [0.2, 0.25) is 0 Å². The molecule has 0 heterocycles. The molecule has 0 bridgehead atoms. The van der Waals surface area contributed by atoms with Gasteiger partial charge in [0.05, 0.1) is 4.90 Å². The van der Waals surface area contributed by atoms with E-state index in [1.807, 2.05) is 0 Å². The van der Waals surface area contributed by atoms with E-state index >= 15 is 0 Å². The first-order valence-electron chi connectivity index (χ1n) is 9.78. The maximum atomic E-state index is 13.0. The summed E-state index contributed by atoms with van der Waals surface area (Å²) in [6.45, 7) is 0.504. The molecule has 0 fully saturated rings. The fourth-order valence-corrected chi connectivity index (χ4v) is 3.66. The van der Waals surface area contributed by atoms with Crippen LogP contribution in [0.1, 0.15) is 11.1 Å². The van der Waals surface area contributed by atoms with E-state index in [4.69, 9.17) is 4.74 Å². The predicted octanol–water partition coefficient (Wildman–Crippen LogP) is 3.98. The van der Waals surface area contributed by atoms with Gasteiger partial charge in [0.15, 0.2) is 0 Å². The number of benzene rings is 3. The molecule has 0 spiro atoms. The van der Waals surface area contributed by atoms with Crippen molar-refractivity contribution < 1.29 is 22.3 Å². The Labute approximate surface area is 186 Å². The van der Waals surface area contributed by atoms with Gasteiger partial charge >= 0.3 is 6.03 Å². The summed E-state index contributed by atoms with van der Waals surface area (Å²) in [4.78, 5) is 12.4. The molecule has 3 rings (SSSR count). The second-order valence-corrected chi connectivity index (χ2v) is 9.33. The van der Waals surface area contributed by atoms with Gasteiger partial charge in [0, 0.05) is 32.4 Å². The van der Waals surface area contributed by atoms with Crippen molar-refractivity contribution in [2.45, 2.75) is 18.0 Å². The van der Waals surface area contributed by atoms with E-state index in [-0.39, 0.29) is 23.9 Å². The summed E-state index contributed by atoms with van der Waals surface area (Å²) in [6.07, 6.45) is 0. The number of ether oxygens (including phenoxy) is 1. The van der Waals surface area contributed by atoms with Crippen molar-refractivity contribution in [3.63, 3.8) is 0 Å². The second kappa shape index (κ2) is 10.3. The largest absolute Gasteiger partial charge is 0.489 e. The fraction of sp³-hybridized carbons (Fsp3) is 0.174. The molecule has 3 aromatic rings. The van der Waals surface area contributed by atoms with Gasteiger partial charge in [-0.15, -0.1) is 0 Å². The molecule has 0 radical (unpaired) electrons. The lowest BCUT2D eigenvalue weighted by Crippen LogP contribution is -2.28. The Morgan fingerprint density at radius 3 is 2.28 bits per heavy atom. The average molecular weight is 458 g/mol. The first-order chi connectivity index (χ1) is 15.2. The summed E-state index contributed by atoms with van der Waals surface area (Å²) in [5.74, 6) is 0.255. The number of amides is 2. The average Bonchev–Trinajstić information content (AvgIpc) is 2.78. The van der Waals surface area contributed by atoms with Gasteiger partial charge in [-0.05, 0) is 47.5 Å². The zero-order valence-electron chi connectivity index (χ0n) is 17.7. The summed E-state index contributed by atoms with van der Waals surface area (Å²) in [5.41, 5.74) is 2.13. The van der Waals surface area contributed by atoms with E-state index in [9.17, 15) is 17.6 Å². The van der Waals surface area contributed by atoms with Gasteiger partial charge in [0.1, 0.15) is 18.2 Å². The van der Waals surface area contributed by atoms with E-state index < -0.39 is 16.1 Å². The number of urea groups is 1. The van der Waals surface area contributed by atoms with E-state index in [1.165, 1.54) is 38.4 Å². The number of hydrogen-bond acceptors (Lipinski definition) is 4. The summed E-state index contributed by atoms with van der Waals surface area (Å²) < 4.78 is 44.0. The number of carbonyl (C=O) groups is 1. The van der Waals surface area contributed by atoms with Crippen LogP contribution in [0.4, 0.5) is 14.9 Å². The zero-order chi connectivity index (χ0) is 23.1. The number of nitrogens with one attached hydrogen (secondary N) is 2. The Kier molecular flexibility index (Phi) is 7.45. The van der Waals surface area contributed by atoms with Gasteiger partial charge in [-0.3, -0.25) is 0 Å². The Bertz CT molecular complexity index is 1160. The number of carbonyl (C=O) groups excluding carboxylic acids is 1. The molecule has 168 valence electrons. The molecule has 0 aliphatic heterocycles. The zero-order valence-corrected chi connectivity index (χ0v) is 18.5. The second-order valence-electron chi connectivity index (χ2n) is 7.18. The maximum absolute atomic E-state index is 13.0. The minimum absolute atomic E-state index is 0.188. The SMILES string of the molecule is CN(C)S(=O)(=O)c1ccc(CNC(=O)Nc2cccc(OCc3ccc(F)cc3)c2)cc1. The van der Waals surface area contributed by atoms with E-state index in [2.05, 4.69) is 10.6 Å². The minimum atomic E-state index is -3.49. The number of sulfonamides is 1. The Morgan fingerprint density at radius 1 is 0.969 bits per heavy atom. The minimum Gasteiger partial charge on any atom is -0.489 e. The number of nitrogens with zero attached hydrogens (tertiary/aromatic N) is 1. The smallest absolute Gasteiger partial charge is 0.319 e. The van der Waals surface area contributed by atoms with Crippen molar-refractivity contribution in [1.29, 1.82) is 0 Å². The topological polar surface area (TPSA) is 87.7 Å². The molecule has 3 aromatic carbocycles. The van der Waals surface area contributed by atoms with Crippen LogP contribution in [0.3, 0.4) is 0 Å². The van der Waals surface area contributed by atoms with Crippen LogP contribution in [0.15, 0.2) is 77.7 Å². The highest BCUT2D eigenvalue weighted by Gasteiger charge is 2.16. The third-order valence-electron chi connectivity index (χ3n) is 4.57. The molecule has 0 aromatic heterocycles. The third-order valence-corrected chi connectivity index (χ3v) is 6.39. The molecule has 32 heavy (non-hydrogen) atoms. The van der Waals surface area contributed by atoms with Crippen LogP contribution in [-0.4, -0.2) is 32.8 Å². The van der Waals surface area contributed by atoms with E-state index in [0.717, 1.165) is 15.4 Å². The van der Waals surface area contributed by atoms with E-state index in [1.54, 1.807) is 48.5 Å². The predicted molar refractivity (Wildman–Crippen MR) is 120 cm³/mol. The van der Waals surface area contributed by atoms with Crippen molar-refractivity contribution in [1.82, 2.24) is 9.62 Å². The molecule has 9 heteroatoms. The monoisotopic (exact) mass is 457 g/mol. The molecule has 0 unspecified atom stereocenters. The fourth-order valence-electron chi connectivity index (χ4n) is 2.76. The molecule has 2 amide bonds. The number of anilines is 1. The van der Waals surface area contributed by atoms with Gasteiger partial charge in [-0.1, -0.05) is 30.3 Å². The first kappa shape index (κ1) is 23.2. The summed E-state index contributed by atoms with van der Waals surface area (Å²) in [6, 6.07) is 18.9. The van der Waals surface area contributed by atoms with Gasteiger partial charge in [-0.2, -0.15) is 0 Å². The summed E-state index contributed by atoms with van der Waals surface area (Å²) in [7, 11) is -0.549. The van der Waals surface area contributed by atoms with Crippen molar-refractivity contribution in [3.05, 3.63) is 89.7 Å². The first-order valence-corrected chi connectivity index (χ1v) is 11.2. The van der Waals surface area contributed by atoms with Crippen molar-refractivity contribution in [2.75, 3.05) is 19.4 Å². The quantitative estimate of drug-likeness (QED) is 0.536. The van der Waals surface area contributed by atoms with Crippen LogP contribution in [0, 0.1) is 5.82 Å². The Morgan fingerprint density at radius 2 is 1.62 bits per heavy atom. The summed E-state index contributed by atoms with van der Waals surface area (Å²) in [5, 5.41) is 5.45. The Hall–Kier alpha value is -3.43. The van der Waals surface area contributed by atoms with Crippen LogP contribution in [0.25, 0.3) is 0 Å². The van der Waals surface area contributed by atoms with Crippen molar-refractivity contribution in [3.8, 4) is 5.75 Å². The lowest BCUT2D eigenvalue weighted by Gasteiger charge is -2.12. The maximum Gasteiger partial charge on any atom is 0.319 e. The molecule has 0 aliphatic rings. The van der Waals surface area contributed by atoms with Gasteiger partial charge in [-0.25, -0.2) is 21.9 Å². The molecular formula is C23H24FN3O4S. The molecule has 0 atom stereocenters. The van der Waals surface area contributed by atoms with Crippen LogP contribution < -0.4 is 15.4 Å². The number of hydrogen-bond donors (Lipinski definition) is 2. The molecule has 0 saturated heterocycles. The Balaban J connectivity index is 1.51. The lowest BCUT2D eigenvalue weighted by molar-refractivity contribution is 0.251. The van der Waals surface area contributed by atoms with Gasteiger partial charge in [0.2, 0.25) is 10.0 Å². The molecule has 2 N–H and O–H groups in total. The lowest BCUT2D eigenvalue weighted by atomic mass is 10.2. The van der Waals surface area contributed by atoms with Crippen LogP contribution in [0.5, 0.6) is 5.75 Å². The molecule has 0 saturated carbocycles. The third kappa shape index (κ3) is 6.29. The van der Waals surface area contributed by atoms with Gasteiger partial charge < -0.3 is 15.4 Å². The normalized spacial score (nSPS) is 11.2. The number of halogens is 1. The van der Waals surface area contributed by atoms with Crippen LogP contribution in [-0.2, 0) is 23.2 Å². The van der Waals surface area contributed by atoms with Crippen molar-refractivity contribution in [2.24, 2.45) is 0 Å². The number of rotatable bonds is 8. The summed E-state index contributed by atoms with van der Waals surface area (Å²) >= 11 is 0. The van der Waals surface area contributed by atoms with Crippen molar-refractivity contribution >= 4 is 21.7 Å².